The van der Waals surface area contributed by atoms with Gasteiger partial charge in [0, 0.05) is 12.1 Å². The Hall–Kier alpha value is -2.73. The Morgan fingerprint density at radius 2 is 1.96 bits per heavy atom. The first kappa shape index (κ1) is 18.6. The molecule has 1 aliphatic carbocycles. The lowest BCUT2D eigenvalue weighted by atomic mass is 10.1. The smallest absolute Gasteiger partial charge is 0.306 e. The number of nitrogens with zero attached hydrogens (tertiary/aromatic N) is 1. The number of benzene rings is 2. The van der Waals surface area contributed by atoms with Crippen molar-refractivity contribution >= 4 is 39.1 Å². The molecule has 0 saturated heterocycles. The highest BCUT2D eigenvalue weighted by molar-refractivity contribution is 7.18. The number of anilines is 1. The van der Waals surface area contributed by atoms with Gasteiger partial charge in [0.05, 0.1) is 15.2 Å². The van der Waals surface area contributed by atoms with E-state index in [1.807, 2.05) is 36.4 Å². The average Bonchev–Trinajstić information content (AvgIpc) is 3.32. The Bertz CT molecular complexity index is 979. The molecule has 3 aromatic rings. The van der Waals surface area contributed by atoms with Gasteiger partial charge in [0.2, 0.25) is 0 Å². The summed E-state index contributed by atoms with van der Waals surface area (Å²) in [6, 6.07) is 14.0. The molecule has 0 radical (unpaired) electrons. The van der Waals surface area contributed by atoms with E-state index in [4.69, 9.17) is 4.74 Å². The van der Waals surface area contributed by atoms with Crippen molar-refractivity contribution < 1.29 is 14.3 Å². The Morgan fingerprint density at radius 1 is 1.11 bits per heavy atom. The van der Waals surface area contributed by atoms with E-state index in [1.165, 1.54) is 17.5 Å². The molecule has 0 spiro atoms. The number of para-hydroxylation sites is 1. The molecule has 1 aromatic heterocycles. The monoisotopic (exact) mass is 394 g/mol. The molecule has 1 amide bonds. The number of carbonyl (C=O) groups is 2. The van der Waals surface area contributed by atoms with Gasteiger partial charge in [-0.1, -0.05) is 18.2 Å². The van der Waals surface area contributed by atoms with Crippen molar-refractivity contribution in [2.45, 2.75) is 38.5 Å². The van der Waals surface area contributed by atoms with Crippen LogP contribution in [0.4, 0.5) is 5.69 Å². The maximum absolute atomic E-state index is 12.0. The fourth-order valence-electron chi connectivity index (χ4n) is 3.48. The maximum Gasteiger partial charge on any atom is 0.306 e. The number of thiazole rings is 1. The molecule has 144 valence electrons. The summed E-state index contributed by atoms with van der Waals surface area (Å²) in [5, 5.41) is 3.82. The molecule has 2 aromatic carbocycles. The summed E-state index contributed by atoms with van der Waals surface area (Å²) in [6.45, 7) is -0.253. The third-order valence-corrected chi connectivity index (χ3v) is 5.95. The van der Waals surface area contributed by atoms with Crippen LogP contribution in [-0.4, -0.2) is 23.5 Å². The highest BCUT2D eigenvalue weighted by Gasteiger charge is 2.13. The van der Waals surface area contributed by atoms with Crippen molar-refractivity contribution in [2.75, 3.05) is 11.9 Å². The van der Waals surface area contributed by atoms with Gasteiger partial charge in [-0.2, -0.15) is 0 Å². The highest BCUT2D eigenvalue weighted by Crippen LogP contribution is 2.25. The molecule has 1 aliphatic rings. The number of ether oxygens (including phenoxy) is 1. The second kappa shape index (κ2) is 8.52. The molecule has 5 nitrogen and oxygen atoms in total. The van der Waals surface area contributed by atoms with Gasteiger partial charge >= 0.3 is 5.97 Å². The SMILES string of the molecule is O=C(COC(=O)CCCc1nc2ccccc2s1)Nc1ccc2c(c1)CCC2. The summed E-state index contributed by atoms with van der Waals surface area (Å²) in [6.07, 6.45) is 5.01. The lowest BCUT2D eigenvalue weighted by Gasteiger charge is -2.08. The van der Waals surface area contributed by atoms with Crippen molar-refractivity contribution in [1.82, 2.24) is 4.98 Å². The van der Waals surface area contributed by atoms with E-state index in [-0.39, 0.29) is 24.9 Å². The summed E-state index contributed by atoms with van der Waals surface area (Å²) in [7, 11) is 0. The Kier molecular flexibility index (Phi) is 5.67. The van der Waals surface area contributed by atoms with E-state index in [0.29, 0.717) is 6.42 Å². The Labute approximate surface area is 167 Å². The van der Waals surface area contributed by atoms with Crippen LogP contribution in [0.25, 0.3) is 10.2 Å². The van der Waals surface area contributed by atoms with E-state index in [0.717, 1.165) is 40.2 Å². The second-order valence-electron chi connectivity index (χ2n) is 6.97. The van der Waals surface area contributed by atoms with Crippen LogP contribution in [-0.2, 0) is 33.6 Å². The van der Waals surface area contributed by atoms with Crippen LogP contribution in [0.15, 0.2) is 42.5 Å². The molecule has 0 aliphatic heterocycles. The third-order valence-electron chi connectivity index (χ3n) is 4.86. The van der Waals surface area contributed by atoms with Gasteiger partial charge in [-0.25, -0.2) is 4.98 Å². The van der Waals surface area contributed by atoms with E-state index in [9.17, 15) is 9.59 Å². The maximum atomic E-state index is 12.0. The minimum atomic E-state index is -0.356. The van der Waals surface area contributed by atoms with Gasteiger partial charge in [-0.05, 0) is 67.5 Å². The van der Waals surface area contributed by atoms with Gasteiger partial charge < -0.3 is 10.1 Å². The molecule has 0 fully saturated rings. The summed E-state index contributed by atoms with van der Waals surface area (Å²) < 4.78 is 6.25. The molecule has 0 saturated carbocycles. The fraction of sp³-hybridized carbons (Fsp3) is 0.318. The fourth-order valence-corrected chi connectivity index (χ4v) is 4.48. The number of aromatic nitrogens is 1. The minimum Gasteiger partial charge on any atom is -0.456 e. The van der Waals surface area contributed by atoms with Crippen molar-refractivity contribution in [3.8, 4) is 0 Å². The zero-order valence-electron chi connectivity index (χ0n) is 15.6. The molecule has 4 rings (SSSR count). The summed E-state index contributed by atoms with van der Waals surface area (Å²) in [4.78, 5) is 28.5. The average molecular weight is 394 g/mol. The van der Waals surface area contributed by atoms with E-state index in [2.05, 4.69) is 16.4 Å². The first-order valence-corrected chi connectivity index (χ1v) is 10.4. The number of nitrogens with one attached hydrogen (secondary N) is 1. The van der Waals surface area contributed by atoms with Crippen LogP contribution in [0, 0.1) is 0 Å². The first-order chi connectivity index (χ1) is 13.7. The predicted molar refractivity (Wildman–Crippen MR) is 111 cm³/mol. The van der Waals surface area contributed by atoms with E-state index < -0.39 is 0 Å². The molecule has 1 heterocycles. The van der Waals surface area contributed by atoms with Crippen LogP contribution in [0.2, 0.25) is 0 Å². The number of rotatable bonds is 7. The topological polar surface area (TPSA) is 68.3 Å². The highest BCUT2D eigenvalue weighted by atomic mass is 32.1. The predicted octanol–water partition coefficient (Wildman–Crippen LogP) is 4.29. The van der Waals surface area contributed by atoms with Crippen molar-refractivity contribution in [3.05, 3.63) is 58.6 Å². The largest absolute Gasteiger partial charge is 0.456 e. The number of hydrogen-bond acceptors (Lipinski definition) is 5. The van der Waals surface area contributed by atoms with Crippen LogP contribution in [0.5, 0.6) is 0 Å². The van der Waals surface area contributed by atoms with Gasteiger partial charge in [-0.15, -0.1) is 11.3 Å². The normalized spacial score (nSPS) is 12.7. The molecule has 0 atom stereocenters. The number of hydrogen-bond donors (Lipinski definition) is 1. The molecular formula is C22H22N2O3S. The number of aryl methyl sites for hydroxylation is 3. The summed E-state index contributed by atoms with van der Waals surface area (Å²) in [5.41, 5.74) is 4.41. The number of esters is 1. The van der Waals surface area contributed by atoms with E-state index in [1.54, 1.807) is 11.3 Å². The zero-order valence-corrected chi connectivity index (χ0v) is 16.4. The van der Waals surface area contributed by atoms with Crippen LogP contribution in [0.1, 0.15) is 35.4 Å². The molecule has 1 N–H and O–H groups in total. The van der Waals surface area contributed by atoms with Crippen LogP contribution in [0.3, 0.4) is 0 Å². The van der Waals surface area contributed by atoms with Gasteiger partial charge in [0.1, 0.15) is 0 Å². The minimum absolute atomic E-state index is 0.253. The molecule has 0 bridgehead atoms. The van der Waals surface area contributed by atoms with Gasteiger partial charge in [-0.3, -0.25) is 9.59 Å². The number of carbonyl (C=O) groups excluding carboxylic acids is 2. The molecule has 28 heavy (non-hydrogen) atoms. The van der Waals surface area contributed by atoms with Crippen molar-refractivity contribution in [3.63, 3.8) is 0 Å². The summed E-state index contributed by atoms with van der Waals surface area (Å²) >= 11 is 1.65. The third kappa shape index (κ3) is 4.57. The van der Waals surface area contributed by atoms with Crippen LogP contribution < -0.4 is 5.32 Å². The quantitative estimate of drug-likeness (QED) is 0.607. The standard InChI is InChI=1S/C22H22N2O3S/c25-20(23-17-12-11-15-5-3-6-16(15)13-17)14-27-22(26)10-4-9-21-24-18-7-1-2-8-19(18)28-21/h1-2,7-8,11-13H,3-6,9-10,14H2,(H,23,25). The molecule has 6 heteroatoms. The van der Waals surface area contributed by atoms with E-state index >= 15 is 0 Å². The van der Waals surface area contributed by atoms with Crippen molar-refractivity contribution in [1.29, 1.82) is 0 Å². The van der Waals surface area contributed by atoms with Crippen LogP contribution >= 0.6 is 11.3 Å². The summed E-state index contributed by atoms with van der Waals surface area (Å²) in [5.74, 6) is -0.664. The number of amides is 1. The lowest BCUT2D eigenvalue weighted by Crippen LogP contribution is -2.21. The molecular weight excluding hydrogens is 372 g/mol. The first-order valence-electron chi connectivity index (χ1n) is 9.59. The van der Waals surface area contributed by atoms with Crippen molar-refractivity contribution in [2.24, 2.45) is 0 Å². The molecule has 0 unspecified atom stereocenters. The Morgan fingerprint density at radius 3 is 2.86 bits per heavy atom. The number of fused-ring (bicyclic) bond motifs is 2. The van der Waals surface area contributed by atoms with Gasteiger partial charge in [0.15, 0.2) is 6.61 Å². The zero-order chi connectivity index (χ0) is 19.3. The Balaban J connectivity index is 1.18. The lowest BCUT2D eigenvalue weighted by molar-refractivity contribution is -0.147. The van der Waals surface area contributed by atoms with Gasteiger partial charge in [0.25, 0.3) is 5.91 Å². The second-order valence-corrected chi connectivity index (χ2v) is 8.09.